The Morgan fingerprint density at radius 1 is 0.974 bits per heavy atom. The number of likely N-dealkylation sites (tertiary alicyclic amines) is 1. The Kier molecular flexibility index (Phi) is 7.00. The maximum atomic E-state index is 13.7. The molecule has 1 amide bonds. The highest BCUT2D eigenvalue weighted by molar-refractivity contribution is 6.46. The Balaban J connectivity index is 1.52. The van der Waals surface area contributed by atoms with Crippen molar-refractivity contribution >= 4 is 17.4 Å². The van der Waals surface area contributed by atoms with Crippen molar-refractivity contribution in [3.8, 4) is 5.75 Å². The lowest BCUT2D eigenvalue weighted by Gasteiger charge is -2.25. The van der Waals surface area contributed by atoms with Gasteiger partial charge in [0.05, 0.1) is 11.6 Å². The summed E-state index contributed by atoms with van der Waals surface area (Å²) in [6.07, 6.45) is 3.23. The van der Waals surface area contributed by atoms with E-state index in [9.17, 15) is 19.1 Å². The van der Waals surface area contributed by atoms with Crippen molar-refractivity contribution in [1.82, 2.24) is 9.88 Å². The van der Waals surface area contributed by atoms with Crippen LogP contribution >= 0.6 is 0 Å². The minimum Gasteiger partial charge on any atom is -0.507 e. The third-order valence-electron chi connectivity index (χ3n) is 6.50. The molecule has 190 valence electrons. The zero-order valence-corrected chi connectivity index (χ0v) is 20.7. The summed E-state index contributed by atoms with van der Waals surface area (Å²) in [5, 5.41) is 11.4. The lowest BCUT2D eigenvalue weighted by molar-refractivity contribution is -0.140. The summed E-state index contributed by atoms with van der Waals surface area (Å²) >= 11 is 0. The fourth-order valence-corrected chi connectivity index (χ4v) is 4.60. The summed E-state index contributed by atoms with van der Waals surface area (Å²) in [5.74, 6) is -1.68. The smallest absolute Gasteiger partial charge is 0.295 e. The number of amides is 1. The van der Waals surface area contributed by atoms with Crippen molar-refractivity contribution in [2.75, 3.05) is 0 Å². The van der Waals surface area contributed by atoms with E-state index in [0.717, 1.165) is 11.1 Å². The normalized spacial score (nSPS) is 16.6. The molecule has 1 aliphatic heterocycles. The zero-order chi connectivity index (χ0) is 26.6. The number of aliphatic hydroxyl groups excluding tert-OH is 1. The van der Waals surface area contributed by atoms with Gasteiger partial charge in [0.1, 0.15) is 23.9 Å². The summed E-state index contributed by atoms with van der Waals surface area (Å²) in [7, 11) is 0. The molecule has 1 aromatic heterocycles. The lowest BCUT2D eigenvalue weighted by Crippen LogP contribution is -2.29. The predicted molar refractivity (Wildman–Crippen MR) is 140 cm³/mol. The molecule has 0 aliphatic carbocycles. The Morgan fingerprint density at radius 3 is 2.39 bits per heavy atom. The van der Waals surface area contributed by atoms with Crippen LogP contribution in [0.25, 0.3) is 5.76 Å². The molecule has 5 rings (SSSR count). The number of ketones is 1. The van der Waals surface area contributed by atoms with Crippen molar-refractivity contribution in [1.29, 1.82) is 0 Å². The third-order valence-corrected chi connectivity index (χ3v) is 6.50. The van der Waals surface area contributed by atoms with Crippen LogP contribution in [-0.4, -0.2) is 26.7 Å². The SMILES string of the molecule is Cc1cc(OCc2ccccc2)ccc1/C(O)=C1\C(=O)C(=O)N(Cc2cccnc2)[C@H]1c1ccc(F)cc1. The van der Waals surface area contributed by atoms with Crippen LogP contribution in [0.3, 0.4) is 0 Å². The van der Waals surface area contributed by atoms with Crippen molar-refractivity contribution in [2.45, 2.75) is 26.1 Å². The lowest BCUT2D eigenvalue weighted by atomic mass is 9.93. The van der Waals surface area contributed by atoms with Crippen molar-refractivity contribution in [2.24, 2.45) is 0 Å². The average molecular weight is 509 g/mol. The van der Waals surface area contributed by atoms with E-state index >= 15 is 0 Å². The number of rotatable bonds is 7. The monoisotopic (exact) mass is 508 g/mol. The molecule has 0 bridgehead atoms. The van der Waals surface area contributed by atoms with Crippen LogP contribution in [0.15, 0.2) is 103 Å². The van der Waals surface area contributed by atoms with Crippen LogP contribution in [0.4, 0.5) is 4.39 Å². The molecule has 0 radical (unpaired) electrons. The fraction of sp³-hybridized carbons (Fsp3) is 0.129. The number of benzene rings is 3. The molecule has 3 aromatic carbocycles. The van der Waals surface area contributed by atoms with Gasteiger partial charge in [0, 0.05) is 24.5 Å². The molecular formula is C31H25FN2O4. The topological polar surface area (TPSA) is 79.7 Å². The van der Waals surface area contributed by atoms with Crippen LogP contribution in [0.5, 0.6) is 5.75 Å². The molecule has 1 aliphatic rings. The Labute approximate surface area is 219 Å². The number of ether oxygens (including phenoxy) is 1. The number of halogens is 1. The Hall–Kier alpha value is -4.78. The molecule has 1 fully saturated rings. The van der Waals surface area contributed by atoms with E-state index in [0.29, 0.717) is 29.0 Å². The number of Topliss-reactive ketones (excluding diaryl/α,β-unsaturated/α-hetero) is 1. The summed E-state index contributed by atoms with van der Waals surface area (Å²) in [5.41, 5.74) is 3.28. The maximum absolute atomic E-state index is 13.7. The van der Waals surface area contributed by atoms with E-state index in [1.54, 1.807) is 49.6 Å². The van der Waals surface area contributed by atoms with Crippen LogP contribution in [-0.2, 0) is 22.7 Å². The molecule has 0 spiro atoms. The zero-order valence-electron chi connectivity index (χ0n) is 20.7. The van der Waals surface area contributed by atoms with E-state index in [2.05, 4.69) is 4.98 Å². The fourth-order valence-electron chi connectivity index (χ4n) is 4.60. The van der Waals surface area contributed by atoms with E-state index in [1.807, 2.05) is 30.3 Å². The Bertz CT molecular complexity index is 1500. The van der Waals surface area contributed by atoms with E-state index in [4.69, 9.17) is 4.74 Å². The number of aliphatic hydroxyl groups is 1. The summed E-state index contributed by atoms with van der Waals surface area (Å²) < 4.78 is 19.6. The number of aryl methyl sites for hydroxylation is 1. The highest BCUT2D eigenvalue weighted by Crippen LogP contribution is 2.41. The van der Waals surface area contributed by atoms with Crippen molar-refractivity contribution in [3.63, 3.8) is 0 Å². The van der Waals surface area contributed by atoms with Gasteiger partial charge >= 0.3 is 0 Å². The minimum atomic E-state index is -0.899. The summed E-state index contributed by atoms with van der Waals surface area (Å²) in [6.45, 7) is 2.28. The number of aromatic nitrogens is 1. The first-order valence-electron chi connectivity index (χ1n) is 12.1. The van der Waals surface area contributed by atoms with Crippen molar-refractivity contribution < 1.29 is 23.8 Å². The summed E-state index contributed by atoms with van der Waals surface area (Å²) in [6, 6.07) is 23.1. The van der Waals surface area contributed by atoms with Gasteiger partial charge in [-0.25, -0.2) is 4.39 Å². The molecule has 1 saturated heterocycles. The maximum Gasteiger partial charge on any atom is 0.295 e. The number of nitrogens with zero attached hydrogens (tertiary/aromatic N) is 2. The molecule has 4 aromatic rings. The summed E-state index contributed by atoms with van der Waals surface area (Å²) in [4.78, 5) is 31.9. The van der Waals surface area contributed by atoms with Crippen LogP contribution in [0, 0.1) is 12.7 Å². The first-order chi connectivity index (χ1) is 18.4. The van der Waals surface area contributed by atoms with Gasteiger partial charge in [-0.1, -0.05) is 48.5 Å². The molecule has 1 atom stereocenters. The van der Waals surface area contributed by atoms with E-state index in [-0.39, 0.29) is 17.9 Å². The van der Waals surface area contributed by atoms with Gasteiger partial charge in [0.25, 0.3) is 11.7 Å². The number of carbonyl (C=O) groups is 2. The van der Waals surface area contributed by atoms with E-state index < -0.39 is 23.5 Å². The number of pyridine rings is 1. The molecule has 2 heterocycles. The quantitative estimate of drug-likeness (QED) is 0.196. The van der Waals surface area contributed by atoms with Gasteiger partial charge in [-0.3, -0.25) is 14.6 Å². The first-order valence-corrected chi connectivity index (χ1v) is 12.1. The van der Waals surface area contributed by atoms with Crippen LogP contribution in [0.2, 0.25) is 0 Å². The first kappa shape index (κ1) is 24.9. The van der Waals surface area contributed by atoms with Gasteiger partial charge in [0.15, 0.2) is 0 Å². The number of carbonyl (C=O) groups excluding carboxylic acids is 2. The standard InChI is InChI=1S/C31H25FN2O4/c1-20-16-25(38-19-21-6-3-2-4-7-21)13-14-26(20)29(35)27-28(23-9-11-24(32)12-10-23)34(31(37)30(27)36)18-22-8-5-15-33-17-22/h2-17,28,35H,18-19H2,1H3/b29-27+/t28-/m0/s1. The average Bonchev–Trinajstić information content (AvgIpc) is 3.18. The van der Waals surface area contributed by atoms with E-state index in [1.165, 1.54) is 29.2 Å². The number of hydrogen-bond acceptors (Lipinski definition) is 5. The second-order valence-electron chi connectivity index (χ2n) is 9.09. The highest BCUT2D eigenvalue weighted by Gasteiger charge is 2.46. The number of hydrogen-bond donors (Lipinski definition) is 1. The third kappa shape index (κ3) is 5.04. The van der Waals surface area contributed by atoms with Crippen molar-refractivity contribution in [3.05, 3.63) is 137 Å². The molecule has 1 N–H and O–H groups in total. The molecule has 38 heavy (non-hydrogen) atoms. The van der Waals surface area contributed by atoms with Gasteiger partial charge in [-0.15, -0.1) is 0 Å². The molecular weight excluding hydrogens is 483 g/mol. The Morgan fingerprint density at radius 2 is 1.71 bits per heavy atom. The van der Waals surface area contributed by atoms with Gasteiger partial charge in [0.2, 0.25) is 0 Å². The van der Waals surface area contributed by atoms with Crippen LogP contribution in [0.1, 0.15) is 33.9 Å². The predicted octanol–water partition coefficient (Wildman–Crippen LogP) is 5.73. The highest BCUT2D eigenvalue weighted by atomic mass is 19.1. The molecule has 0 unspecified atom stereocenters. The van der Waals surface area contributed by atoms with Gasteiger partial charge in [-0.05, 0) is 65.6 Å². The van der Waals surface area contributed by atoms with Crippen LogP contribution < -0.4 is 4.74 Å². The molecule has 0 saturated carbocycles. The van der Waals surface area contributed by atoms with Gasteiger partial charge in [-0.2, -0.15) is 0 Å². The largest absolute Gasteiger partial charge is 0.507 e. The second kappa shape index (κ2) is 10.7. The molecule has 6 nitrogen and oxygen atoms in total. The molecule has 7 heteroatoms. The second-order valence-corrected chi connectivity index (χ2v) is 9.09. The minimum absolute atomic E-state index is 0.0495. The van der Waals surface area contributed by atoms with Gasteiger partial charge < -0.3 is 14.7 Å².